The van der Waals surface area contributed by atoms with Gasteiger partial charge >= 0.3 is 0 Å². The van der Waals surface area contributed by atoms with Crippen LogP contribution in [0.4, 0.5) is 5.82 Å². The van der Waals surface area contributed by atoms with Crippen LogP contribution < -0.4 is 15.0 Å². The van der Waals surface area contributed by atoms with E-state index >= 15 is 0 Å². The molecular formula is C20H26N4O2. The molecule has 1 aromatic heterocycles. The molecule has 0 saturated carbocycles. The number of piperazine rings is 1. The van der Waals surface area contributed by atoms with E-state index in [1.807, 2.05) is 48.7 Å². The van der Waals surface area contributed by atoms with Gasteiger partial charge in [0.1, 0.15) is 11.6 Å². The number of ether oxygens (including phenoxy) is 1. The number of amides is 1. The van der Waals surface area contributed by atoms with Gasteiger partial charge in [-0.1, -0.05) is 24.3 Å². The van der Waals surface area contributed by atoms with Crippen LogP contribution >= 0.6 is 0 Å². The SMILES string of the molecule is CN1CCN(c2ccc(CNC(=O)CCOc3ccccc3)cn2)CC1. The number of pyridine rings is 1. The Morgan fingerprint density at radius 3 is 2.58 bits per heavy atom. The average molecular weight is 354 g/mol. The summed E-state index contributed by atoms with van der Waals surface area (Å²) in [5.74, 6) is 1.76. The van der Waals surface area contributed by atoms with Crippen molar-refractivity contribution in [1.29, 1.82) is 0 Å². The number of nitrogens with one attached hydrogen (secondary N) is 1. The van der Waals surface area contributed by atoms with Crippen LogP contribution in [0.1, 0.15) is 12.0 Å². The maximum absolute atomic E-state index is 11.9. The third kappa shape index (κ3) is 5.46. The van der Waals surface area contributed by atoms with E-state index in [0.29, 0.717) is 19.6 Å². The largest absolute Gasteiger partial charge is 0.493 e. The van der Waals surface area contributed by atoms with Gasteiger partial charge in [-0.3, -0.25) is 4.79 Å². The summed E-state index contributed by atoms with van der Waals surface area (Å²) in [6, 6.07) is 13.6. The molecule has 0 atom stereocenters. The maximum atomic E-state index is 11.9. The van der Waals surface area contributed by atoms with Crippen LogP contribution in [-0.4, -0.2) is 55.6 Å². The van der Waals surface area contributed by atoms with Crippen molar-refractivity contribution in [2.75, 3.05) is 44.7 Å². The molecule has 0 radical (unpaired) electrons. The fraction of sp³-hybridized carbons (Fsp3) is 0.400. The predicted molar refractivity (Wildman–Crippen MR) is 102 cm³/mol. The number of likely N-dealkylation sites (N-methyl/N-ethyl adjacent to an activating group) is 1. The van der Waals surface area contributed by atoms with Crippen molar-refractivity contribution in [2.45, 2.75) is 13.0 Å². The van der Waals surface area contributed by atoms with Crippen molar-refractivity contribution in [3.05, 3.63) is 54.2 Å². The van der Waals surface area contributed by atoms with Crippen molar-refractivity contribution in [1.82, 2.24) is 15.2 Å². The Kier molecular flexibility index (Phi) is 6.44. The number of hydrogen-bond acceptors (Lipinski definition) is 5. The molecule has 1 N–H and O–H groups in total. The molecule has 0 unspecified atom stereocenters. The molecule has 138 valence electrons. The molecule has 2 aromatic rings. The highest BCUT2D eigenvalue weighted by Gasteiger charge is 2.14. The first kappa shape index (κ1) is 18.2. The van der Waals surface area contributed by atoms with Gasteiger partial charge in [-0.05, 0) is 30.8 Å². The molecule has 1 saturated heterocycles. The zero-order valence-corrected chi connectivity index (χ0v) is 15.2. The van der Waals surface area contributed by atoms with Crippen LogP contribution in [0.5, 0.6) is 5.75 Å². The van der Waals surface area contributed by atoms with Crippen LogP contribution in [0.25, 0.3) is 0 Å². The van der Waals surface area contributed by atoms with E-state index in [2.05, 4.69) is 27.1 Å². The third-order valence-corrected chi connectivity index (χ3v) is 4.47. The lowest BCUT2D eigenvalue weighted by atomic mass is 10.2. The van der Waals surface area contributed by atoms with Crippen LogP contribution in [-0.2, 0) is 11.3 Å². The summed E-state index contributed by atoms with van der Waals surface area (Å²) in [6.07, 6.45) is 2.18. The van der Waals surface area contributed by atoms with Crippen molar-refractivity contribution < 1.29 is 9.53 Å². The topological polar surface area (TPSA) is 57.7 Å². The van der Waals surface area contributed by atoms with Crippen LogP contribution in [0.15, 0.2) is 48.7 Å². The van der Waals surface area contributed by atoms with E-state index in [1.165, 1.54) is 0 Å². The zero-order chi connectivity index (χ0) is 18.2. The highest BCUT2D eigenvalue weighted by atomic mass is 16.5. The van der Waals surface area contributed by atoms with E-state index in [9.17, 15) is 4.79 Å². The molecule has 6 nitrogen and oxygen atoms in total. The first-order valence-electron chi connectivity index (χ1n) is 9.04. The fourth-order valence-electron chi connectivity index (χ4n) is 2.81. The molecule has 3 rings (SSSR count). The Morgan fingerprint density at radius 1 is 1.12 bits per heavy atom. The molecule has 1 amide bonds. The van der Waals surface area contributed by atoms with Gasteiger partial charge in [0.15, 0.2) is 0 Å². The summed E-state index contributed by atoms with van der Waals surface area (Å²) < 4.78 is 5.54. The Bertz CT molecular complexity index is 683. The fourth-order valence-corrected chi connectivity index (χ4v) is 2.81. The number of benzene rings is 1. The molecule has 2 heterocycles. The lowest BCUT2D eigenvalue weighted by Gasteiger charge is -2.33. The molecule has 0 bridgehead atoms. The summed E-state index contributed by atoms with van der Waals surface area (Å²) in [6.45, 7) is 4.98. The third-order valence-electron chi connectivity index (χ3n) is 4.47. The summed E-state index contributed by atoms with van der Waals surface area (Å²) in [5.41, 5.74) is 1.00. The molecule has 6 heteroatoms. The quantitative estimate of drug-likeness (QED) is 0.823. The summed E-state index contributed by atoms with van der Waals surface area (Å²) in [4.78, 5) is 21.1. The molecule has 26 heavy (non-hydrogen) atoms. The number of anilines is 1. The van der Waals surface area contributed by atoms with Gasteiger partial charge < -0.3 is 19.9 Å². The molecule has 0 aliphatic carbocycles. The van der Waals surface area contributed by atoms with Gasteiger partial charge in [0.2, 0.25) is 5.91 Å². The van der Waals surface area contributed by atoms with Crippen LogP contribution in [0.2, 0.25) is 0 Å². The van der Waals surface area contributed by atoms with Gasteiger partial charge in [-0.25, -0.2) is 4.98 Å². The number of rotatable bonds is 7. The Labute approximate surface area is 154 Å². The van der Waals surface area contributed by atoms with E-state index in [4.69, 9.17) is 4.74 Å². The Morgan fingerprint density at radius 2 is 1.88 bits per heavy atom. The second-order valence-electron chi connectivity index (χ2n) is 6.50. The Balaban J connectivity index is 1.38. The second-order valence-corrected chi connectivity index (χ2v) is 6.50. The van der Waals surface area contributed by atoms with Crippen molar-refractivity contribution >= 4 is 11.7 Å². The number of hydrogen-bond donors (Lipinski definition) is 1. The predicted octanol–water partition coefficient (Wildman–Crippen LogP) is 1.92. The minimum absolute atomic E-state index is 0.0240. The van der Waals surface area contributed by atoms with Gasteiger partial charge in [0.25, 0.3) is 0 Å². The summed E-state index contributed by atoms with van der Waals surface area (Å²) in [5, 5.41) is 2.91. The number of aromatic nitrogens is 1. The second kappa shape index (κ2) is 9.20. The zero-order valence-electron chi connectivity index (χ0n) is 15.2. The lowest BCUT2D eigenvalue weighted by molar-refractivity contribution is -0.121. The van der Waals surface area contributed by atoms with Crippen LogP contribution in [0.3, 0.4) is 0 Å². The standard InChI is InChI=1S/C20H26N4O2/c1-23-10-12-24(13-11-23)19-8-7-17(15-21-19)16-22-20(25)9-14-26-18-5-3-2-4-6-18/h2-8,15H,9-14,16H2,1H3,(H,22,25). The van der Waals surface area contributed by atoms with E-state index in [-0.39, 0.29) is 5.91 Å². The molecular weight excluding hydrogens is 328 g/mol. The van der Waals surface area contributed by atoms with Crippen molar-refractivity contribution in [2.24, 2.45) is 0 Å². The van der Waals surface area contributed by atoms with Crippen molar-refractivity contribution in [3.63, 3.8) is 0 Å². The normalized spacial score (nSPS) is 14.9. The highest BCUT2D eigenvalue weighted by Crippen LogP contribution is 2.13. The maximum Gasteiger partial charge on any atom is 0.223 e. The molecule has 0 spiro atoms. The van der Waals surface area contributed by atoms with Gasteiger partial charge in [-0.2, -0.15) is 0 Å². The summed E-state index contributed by atoms with van der Waals surface area (Å²) >= 11 is 0. The number of para-hydroxylation sites is 1. The van der Waals surface area contributed by atoms with Gasteiger partial charge in [-0.15, -0.1) is 0 Å². The lowest BCUT2D eigenvalue weighted by Crippen LogP contribution is -2.44. The van der Waals surface area contributed by atoms with Gasteiger partial charge in [0.05, 0.1) is 13.0 Å². The van der Waals surface area contributed by atoms with E-state index in [0.717, 1.165) is 43.3 Å². The van der Waals surface area contributed by atoms with Gasteiger partial charge in [0, 0.05) is 38.9 Å². The van der Waals surface area contributed by atoms with E-state index in [1.54, 1.807) is 0 Å². The van der Waals surface area contributed by atoms with Crippen molar-refractivity contribution in [3.8, 4) is 5.75 Å². The first-order chi connectivity index (χ1) is 12.7. The number of carbonyl (C=O) groups is 1. The number of carbonyl (C=O) groups excluding carboxylic acids is 1. The molecule has 1 aliphatic heterocycles. The minimum Gasteiger partial charge on any atom is -0.493 e. The smallest absolute Gasteiger partial charge is 0.223 e. The highest BCUT2D eigenvalue weighted by molar-refractivity contribution is 5.76. The monoisotopic (exact) mass is 354 g/mol. The molecule has 1 fully saturated rings. The summed E-state index contributed by atoms with van der Waals surface area (Å²) in [7, 11) is 2.14. The molecule has 1 aromatic carbocycles. The number of nitrogens with zero attached hydrogens (tertiary/aromatic N) is 3. The molecule has 1 aliphatic rings. The Hall–Kier alpha value is -2.60. The first-order valence-corrected chi connectivity index (χ1v) is 9.04. The minimum atomic E-state index is -0.0240. The van der Waals surface area contributed by atoms with Crippen LogP contribution in [0, 0.1) is 0 Å². The average Bonchev–Trinajstić information content (AvgIpc) is 2.68. The van der Waals surface area contributed by atoms with E-state index < -0.39 is 0 Å².